The normalized spacial score (nSPS) is 10.2. The Morgan fingerprint density at radius 2 is 1.45 bits per heavy atom. The van der Waals surface area contributed by atoms with Crippen molar-refractivity contribution in [3.8, 4) is 28.7 Å². The highest BCUT2D eigenvalue weighted by Gasteiger charge is 2.27. The molecule has 0 saturated carbocycles. The molecule has 0 aromatic heterocycles. The zero-order chi connectivity index (χ0) is 25.2. The van der Waals surface area contributed by atoms with Crippen molar-refractivity contribution in [1.82, 2.24) is 0 Å². The van der Waals surface area contributed by atoms with Crippen molar-refractivity contribution in [3.63, 3.8) is 0 Å². The fourth-order valence-electron chi connectivity index (χ4n) is 2.42. The first kappa shape index (κ1) is 27.5. The number of hydrogen-bond acceptors (Lipinski definition) is 9. The summed E-state index contributed by atoms with van der Waals surface area (Å²) < 4.78 is 46.6. The summed E-state index contributed by atoms with van der Waals surface area (Å²) in [6, 6.07) is 7.87. The van der Waals surface area contributed by atoms with Crippen molar-refractivity contribution in [2.24, 2.45) is 0 Å². The fourth-order valence-corrected chi connectivity index (χ4v) is 2.78. The van der Waals surface area contributed by atoms with Gasteiger partial charge in [0.1, 0.15) is 17.2 Å². The highest BCUT2D eigenvalue weighted by Crippen LogP contribution is 2.34. The first-order valence-corrected chi connectivity index (χ1v) is 10.6. The third-order valence-electron chi connectivity index (χ3n) is 4.08. The number of aliphatic hydroxyl groups is 1. The van der Waals surface area contributed by atoms with Crippen LogP contribution in [0.1, 0.15) is 25.0 Å². The van der Waals surface area contributed by atoms with E-state index < -0.39 is 21.9 Å². The van der Waals surface area contributed by atoms with Crippen molar-refractivity contribution in [2.45, 2.75) is 19.4 Å². The predicted octanol–water partition coefficient (Wildman–Crippen LogP) is 2.76. The van der Waals surface area contributed by atoms with Gasteiger partial charge >= 0.3 is 5.97 Å². The number of hydrogen-bond donors (Lipinski definition) is 1. The average Bonchev–Trinajstić information content (AvgIpc) is 2.77. The number of carbonyl (C=O) groups excluding carboxylic acids is 1. The van der Waals surface area contributed by atoms with Crippen LogP contribution < -0.4 is 23.7 Å². The predicted molar refractivity (Wildman–Crippen MR) is 125 cm³/mol. The van der Waals surface area contributed by atoms with Crippen LogP contribution in [0.4, 0.5) is 0 Å². The molecular weight excluding hydrogens is 452 g/mol. The lowest BCUT2D eigenvalue weighted by Crippen LogP contribution is -2.35. The minimum atomic E-state index is -2.37. The van der Waals surface area contributed by atoms with Gasteiger partial charge in [-0.2, -0.15) is 8.42 Å². The summed E-state index contributed by atoms with van der Waals surface area (Å²) in [7, 11) is 3.81. The third-order valence-corrected chi connectivity index (χ3v) is 4.54. The van der Waals surface area contributed by atoms with Gasteiger partial charge in [0.15, 0.2) is 17.1 Å². The van der Waals surface area contributed by atoms with Crippen LogP contribution in [0.2, 0.25) is 0 Å². The van der Waals surface area contributed by atoms with E-state index in [2.05, 4.69) is 6.58 Å². The van der Waals surface area contributed by atoms with Crippen LogP contribution in [0.15, 0.2) is 36.9 Å². The van der Waals surface area contributed by atoms with Crippen LogP contribution >= 0.6 is 0 Å². The van der Waals surface area contributed by atoms with Gasteiger partial charge in [0.2, 0.25) is 10.3 Å². The molecule has 0 bridgehead atoms. The molecule has 2 aromatic carbocycles. The Morgan fingerprint density at radius 3 is 1.85 bits per heavy atom. The van der Waals surface area contributed by atoms with Crippen LogP contribution in [0, 0.1) is 0 Å². The molecule has 33 heavy (non-hydrogen) atoms. The summed E-state index contributed by atoms with van der Waals surface area (Å²) in [6.07, 6.45) is 1.69. The molecule has 2 rings (SSSR count). The van der Waals surface area contributed by atoms with Crippen molar-refractivity contribution in [1.29, 1.82) is 0 Å². The molecule has 0 aliphatic heterocycles. The van der Waals surface area contributed by atoms with Crippen LogP contribution in [0.5, 0.6) is 28.7 Å². The number of methoxy groups -OCH3 is 4. The van der Waals surface area contributed by atoms with E-state index in [4.69, 9.17) is 23.7 Å². The molecule has 0 unspecified atom stereocenters. The lowest BCUT2D eigenvalue weighted by atomic mass is 10.1. The lowest BCUT2D eigenvalue weighted by molar-refractivity contribution is -0.151. The summed E-state index contributed by atoms with van der Waals surface area (Å²) in [5.41, 5.74) is -0.505. The molecule has 0 fully saturated rings. The highest BCUT2D eigenvalue weighted by molar-refractivity contribution is 7.71. The molecule has 0 spiro atoms. The summed E-state index contributed by atoms with van der Waals surface area (Å²) in [4.78, 5) is 11.6. The molecule has 0 amide bonds. The Balaban J connectivity index is 0.000000346. The van der Waals surface area contributed by atoms with Gasteiger partial charge in [0, 0.05) is 12.1 Å². The van der Waals surface area contributed by atoms with Crippen molar-refractivity contribution in [3.05, 3.63) is 48.0 Å². The molecule has 0 saturated heterocycles. The van der Waals surface area contributed by atoms with Gasteiger partial charge in [0.05, 0.1) is 39.4 Å². The number of ether oxygens (including phenoxy) is 5. The van der Waals surface area contributed by atoms with Gasteiger partial charge in [-0.05, 0) is 31.5 Å². The van der Waals surface area contributed by atoms with Gasteiger partial charge in [0.25, 0.3) is 0 Å². The summed E-state index contributed by atoms with van der Waals surface area (Å²) in [6.45, 7) is 6.27. The molecule has 0 heterocycles. The molecule has 10 heteroatoms. The first-order valence-electron chi connectivity index (χ1n) is 9.48. The zero-order valence-electron chi connectivity index (χ0n) is 19.4. The molecule has 0 atom stereocenters. The van der Waals surface area contributed by atoms with Crippen molar-refractivity contribution >= 4 is 27.7 Å². The summed E-state index contributed by atoms with van der Waals surface area (Å²) in [5.74, 6) is 1.50. The van der Waals surface area contributed by atoms with Crippen LogP contribution in [0.25, 0.3) is 6.08 Å². The van der Waals surface area contributed by atoms with E-state index in [1.165, 1.54) is 39.2 Å². The lowest BCUT2D eigenvalue weighted by Gasteiger charge is -2.16. The van der Waals surface area contributed by atoms with E-state index in [-0.39, 0.29) is 11.5 Å². The second-order valence-corrected chi connectivity index (χ2v) is 7.64. The average molecular weight is 481 g/mol. The molecule has 0 radical (unpaired) electrons. The topological polar surface area (TPSA) is 118 Å². The molecule has 0 aliphatic carbocycles. The standard InChI is InChI=1S/C12H14O6S.C11H14O3/c1-12(2,14)11(13)18-10-6-8(7-19(15)16)4-5-9(10)17-3;1-5-9-10(13-3)6-8(12-2)7-11(9)14-4/h4-7,14H,1-3H3;5-7H,1H2,2-4H3. The summed E-state index contributed by atoms with van der Waals surface area (Å²) >= 11 is 0. The van der Waals surface area contributed by atoms with Crippen LogP contribution in [0.3, 0.4) is 0 Å². The van der Waals surface area contributed by atoms with E-state index in [0.29, 0.717) is 22.8 Å². The minimum absolute atomic E-state index is 0.0359. The first-order chi connectivity index (χ1) is 15.5. The second kappa shape index (κ2) is 12.5. The molecule has 0 aliphatic rings. The number of esters is 1. The molecule has 1 N–H and O–H groups in total. The van der Waals surface area contributed by atoms with E-state index in [1.54, 1.807) is 39.5 Å². The van der Waals surface area contributed by atoms with Gasteiger partial charge in [-0.15, -0.1) is 0 Å². The van der Waals surface area contributed by atoms with Gasteiger partial charge in [-0.1, -0.05) is 18.7 Å². The Hall–Kier alpha value is -3.50. The highest BCUT2D eigenvalue weighted by atomic mass is 32.2. The Labute approximate surface area is 194 Å². The van der Waals surface area contributed by atoms with E-state index >= 15 is 0 Å². The molecular formula is C23H28O9S. The fraction of sp³-hybridized carbons (Fsp3) is 0.304. The van der Waals surface area contributed by atoms with E-state index in [1.807, 2.05) is 0 Å². The largest absolute Gasteiger partial charge is 0.496 e. The zero-order valence-corrected chi connectivity index (χ0v) is 20.2. The second-order valence-electron chi connectivity index (χ2n) is 6.89. The number of benzene rings is 2. The van der Waals surface area contributed by atoms with Crippen molar-refractivity contribution < 1.29 is 42.0 Å². The number of carbonyl (C=O) groups is 1. The van der Waals surface area contributed by atoms with Crippen LogP contribution in [-0.4, -0.2) is 58.9 Å². The monoisotopic (exact) mass is 480 g/mol. The maximum atomic E-state index is 11.6. The van der Waals surface area contributed by atoms with Crippen LogP contribution in [-0.2, 0) is 15.1 Å². The molecule has 2 aromatic rings. The smallest absolute Gasteiger partial charge is 0.343 e. The Morgan fingerprint density at radius 1 is 0.909 bits per heavy atom. The maximum Gasteiger partial charge on any atom is 0.343 e. The third kappa shape index (κ3) is 8.17. The Bertz CT molecular complexity index is 1080. The number of rotatable bonds is 8. The SMILES string of the molecule is C=Cc1c(OC)cc(OC)cc1OC.COc1ccc(C=S(=O)=O)cc1OC(=O)C(C)(C)O. The minimum Gasteiger partial charge on any atom is -0.496 e. The van der Waals surface area contributed by atoms with Gasteiger partial charge < -0.3 is 28.8 Å². The molecule has 9 nitrogen and oxygen atoms in total. The molecule has 180 valence electrons. The quantitative estimate of drug-likeness (QED) is 0.346. The maximum absolute atomic E-state index is 11.6. The Kier molecular flexibility index (Phi) is 10.4. The van der Waals surface area contributed by atoms with E-state index in [0.717, 1.165) is 10.9 Å². The van der Waals surface area contributed by atoms with Gasteiger partial charge in [-0.3, -0.25) is 0 Å². The van der Waals surface area contributed by atoms with Gasteiger partial charge in [-0.25, -0.2) is 4.79 Å². The summed E-state index contributed by atoms with van der Waals surface area (Å²) in [5, 5.41) is 10.5. The van der Waals surface area contributed by atoms with Crippen molar-refractivity contribution in [2.75, 3.05) is 28.4 Å². The van der Waals surface area contributed by atoms with E-state index in [9.17, 15) is 18.3 Å².